The van der Waals surface area contributed by atoms with Crippen LogP contribution in [0.25, 0.3) is 23.1 Å². The van der Waals surface area contributed by atoms with Crippen LogP contribution in [0.4, 0.5) is 13.2 Å². The van der Waals surface area contributed by atoms with Gasteiger partial charge in [0.1, 0.15) is 11.4 Å². The predicted molar refractivity (Wildman–Crippen MR) is 70.7 cm³/mol. The third-order valence-corrected chi connectivity index (χ3v) is 3.00. The molecule has 0 spiro atoms. The van der Waals surface area contributed by atoms with Crippen molar-refractivity contribution < 1.29 is 22.8 Å². The van der Waals surface area contributed by atoms with Gasteiger partial charge in [0.2, 0.25) is 5.82 Å². The summed E-state index contributed by atoms with van der Waals surface area (Å²) in [6, 6.07) is 3.78. The van der Waals surface area contributed by atoms with E-state index in [-0.39, 0.29) is 23.0 Å². The standard InChI is InChI=1S/C13H10F3N5O2/c1-21-5-3-8(19-21)11-18-12(23-20-11)9-6-7(2-4-17-9)10(22)13(14,15)16/h2-6,10,22H,1H3. The lowest BCUT2D eigenvalue weighted by Gasteiger charge is -2.14. The van der Waals surface area contributed by atoms with Crippen LogP contribution in [-0.2, 0) is 7.05 Å². The Morgan fingerprint density at radius 3 is 2.70 bits per heavy atom. The normalized spacial score (nSPS) is 13.3. The molecular formula is C13H10F3N5O2. The summed E-state index contributed by atoms with van der Waals surface area (Å²) < 4.78 is 44.2. The molecule has 0 saturated heterocycles. The Hall–Kier alpha value is -2.75. The average Bonchev–Trinajstić information content (AvgIpc) is 3.14. The van der Waals surface area contributed by atoms with E-state index in [9.17, 15) is 18.3 Å². The first-order valence-electron chi connectivity index (χ1n) is 6.39. The molecule has 0 amide bonds. The zero-order valence-corrected chi connectivity index (χ0v) is 11.7. The van der Waals surface area contributed by atoms with Gasteiger partial charge in [-0.25, -0.2) is 0 Å². The molecule has 3 aromatic heterocycles. The van der Waals surface area contributed by atoms with Crippen molar-refractivity contribution in [2.45, 2.75) is 12.3 Å². The van der Waals surface area contributed by atoms with Crippen molar-refractivity contribution in [3.05, 3.63) is 36.2 Å². The lowest BCUT2D eigenvalue weighted by molar-refractivity contribution is -0.206. The summed E-state index contributed by atoms with van der Waals surface area (Å²) in [6.45, 7) is 0. The highest BCUT2D eigenvalue weighted by Gasteiger charge is 2.39. The number of hydrogen-bond donors (Lipinski definition) is 1. The summed E-state index contributed by atoms with van der Waals surface area (Å²) >= 11 is 0. The lowest BCUT2D eigenvalue weighted by atomic mass is 10.1. The Kier molecular flexibility index (Phi) is 3.60. The van der Waals surface area contributed by atoms with Gasteiger partial charge in [-0.15, -0.1) is 0 Å². The molecular weight excluding hydrogens is 315 g/mol. The fourth-order valence-corrected chi connectivity index (χ4v) is 1.89. The molecule has 0 fully saturated rings. The largest absolute Gasteiger partial charge is 0.418 e. The molecule has 1 unspecified atom stereocenters. The molecule has 23 heavy (non-hydrogen) atoms. The van der Waals surface area contributed by atoms with Crippen LogP contribution >= 0.6 is 0 Å². The van der Waals surface area contributed by atoms with Crippen LogP contribution in [0.15, 0.2) is 35.1 Å². The van der Waals surface area contributed by atoms with E-state index in [2.05, 4.69) is 20.2 Å². The Morgan fingerprint density at radius 1 is 1.26 bits per heavy atom. The van der Waals surface area contributed by atoms with Gasteiger partial charge in [0.15, 0.2) is 6.10 Å². The third kappa shape index (κ3) is 3.06. The van der Waals surface area contributed by atoms with Crippen LogP contribution in [0.5, 0.6) is 0 Å². The van der Waals surface area contributed by atoms with Gasteiger partial charge in [-0.05, 0) is 23.8 Å². The minimum atomic E-state index is -4.77. The molecule has 3 aromatic rings. The average molecular weight is 325 g/mol. The number of rotatable bonds is 3. The number of aliphatic hydroxyl groups excluding tert-OH is 1. The van der Waals surface area contributed by atoms with Gasteiger partial charge < -0.3 is 9.63 Å². The van der Waals surface area contributed by atoms with E-state index in [1.165, 1.54) is 0 Å². The van der Waals surface area contributed by atoms with E-state index in [1.54, 1.807) is 24.0 Å². The van der Waals surface area contributed by atoms with E-state index in [1.807, 2.05) is 0 Å². The second kappa shape index (κ2) is 5.47. The first-order chi connectivity index (χ1) is 10.8. The summed E-state index contributed by atoms with van der Waals surface area (Å²) in [6.07, 6.45) is -4.57. The minimum absolute atomic E-state index is 0.0282. The quantitative estimate of drug-likeness (QED) is 0.793. The molecule has 10 heteroatoms. The molecule has 0 saturated carbocycles. The second-order valence-corrected chi connectivity index (χ2v) is 4.72. The van der Waals surface area contributed by atoms with E-state index < -0.39 is 12.3 Å². The molecule has 120 valence electrons. The first kappa shape index (κ1) is 15.2. The number of aromatic nitrogens is 5. The molecule has 0 aromatic carbocycles. The molecule has 0 aliphatic rings. The number of nitrogens with zero attached hydrogens (tertiary/aromatic N) is 5. The van der Waals surface area contributed by atoms with Crippen molar-refractivity contribution in [1.82, 2.24) is 24.9 Å². The lowest BCUT2D eigenvalue weighted by Crippen LogP contribution is -2.20. The summed E-state index contributed by atoms with van der Waals surface area (Å²) in [7, 11) is 1.72. The van der Waals surface area contributed by atoms with Crippen LogP contribution in [0, 0.1) is 0 Å². The van der Waals surface area contributed by atoms with Crippen molar-refractivity contribution in [1.29, 1.82) is 0 Å². The van der Waals surface area contributed by atoms with Gasteiger partial charge in [-0.2, -0.15) is 23.3 Å². The third-order valence-electron chi connectivity index (χ3n) is 3.00. The zero-order chi connectivity index (χ0) is 16.6. The van der Waals surface area contributed by atoms with E-state index in [0.29, 0.717) is 5.69 Å². The Balaban J connectivity index is 1.92. The van der Waals surface area contributed by atoms with Gasteiger partial charge in [0.05, 0.1) is 0 Å². The highest BCUT2D eigenvalue weighted by Crippen LogP contribution is 2.33. The Bertz CT molecular complexity index is 827. The van der Waals surface area contributed by atoms with Gasteiger partial charge in [0, 0.05) is 19.4 Å². The fourth-order valence-electron chi connectivity index (χ4n) is 1.89. The van der Waals surface area contributed by atoms with Gasteiger partial charge >= 0.3 is 6.18 Å². The van der Waals surface area contributed by atoms with E-state index in [4.69, 9.17) is 4.52 Å². The minimum Gasteiger partial charge on any atom is -0.379 e. The first-order valence-corrected chi connectivity index (χ1v) is 6.39. The van der Waals surface area contributed by atoms with Crippen molar-refractivity contribution in [2.24, 2.45) is 7.05 Å². The number of halogens is 3. The predicted octanol–water partition coefficient (Wildman–Crippen LogP) is 2.13. The monoisotopic (exact) mass is 325 g/mol. The summed E-state index contributed by atoms with van der Waals surface area (Å²) in [5.74, 6) is 0.117. The SMILES string of the molecule is Cn1ccc(-c2noc(-c3cc(C(O)C(F)(F)F)ccn3)n2)n1. The van der Waals surface area contributed by atoms with Crippen LogP contribution in [0.1, 0.15) is 11.7 Å². The van der Waals surface area contributed by atoms with Crippen LogP contribution in [0.2, 0.25) is 0 Å². The number of aliphatic hydroxyl groups is 1. The maximum absolute atomic E-state index is 12.6. The van der Waals surface area contributed by atoms with Crippen molar-refractivity contribution in [2.75, 3.05) is 0 Å². The molecule has 7 nitrogen and oxygen atoms in total. The van der Waals surface area contributed by atoms with Crippen LogP contribution < -0.4 is 0 Å². The molecule has 3 heterocycles. The summed E-state index contributed by atoms with van der Waals surface area (Å²) in [4.78, 5) is 7.93. The number of alkyl halides is 3. The van der Waals surface area contributed by atoms with Crippen molar-refractivity contribution in [3.8, 4) is 23.1 Å². The van der Waals surface area contributed by atoms with E-state index >= 15 is 0 Å². The topological polar surface area (TPSA) is 89.9 Å². The number of hydrogen-bond acceptors (Lipinski definition) is 6. The van der Waals surface area contributed by atoms with Crippen molar-refractivity contribution in [3.63, 3.8) is 0 Å². The maximum atomic E-state index is 12.6. The molecule has 0 radical (unpaired) electrons. The van der Waals surface area contributed by atoms with E-state index in [0.717, 1.165) is 18.3 Å². The fraction of sp³-hybridized carbons (Fsp3) is 0.231. The van der Waals surface area contributed by atoms with Gasteiger partial charge in [-0.3, -0.25) is 9.67 Å². The van der Waals surface area contributed by atoms with Crippen LogP contribution in [-0.4, -0.2) is 36.2 Å². The van der Waals surface area contributed by atoms with Crippen molar-refractivity contribution >= 4 is 0 Å². The number of pyridine rings is 1. The smallest absolute Gasteiger partial charge is 0.379 e. The number of aryl methyl sites for hydroxylation is 1. The maximum Gasteiger partial charge on any atom is 0.418 e. The van der Waals surface area contributed by atoms with Gasteiger partial charge in [0.25, 0.3) is 5.89 Å². The Labute approximate surface area is 127 Å². The summed E-state index contributed by atoms with van der Waals surface area (Å²) in [5.41, 5.74) is 0.120. The molecule has 1 atom stereocenters. The molecule has 3 rings (SSSR count). The zero-order valence-electron chi connectivity index (χ0n) is 11.7. The highest BCUT2D eigenvalue weighted by molar-refractivity contribution is 5.54. The molecule has 0 bridgehead atoms. The van der Waals surface area contributed by atoms with Crippen LogP contribution in [0.3, 0.4) is 0 Å². The molecule has 1 N–H and O–H groups in total. The molecule has 0 aliphatic carbocycles. The second-order valence-electron chi connectivity index (χ2n) is 4.72. The summed E-state index contributed by atoms with van der Waals surface area (Å²) in [5, 5.41) is 17.1. The Morgan fingerprint density at radius 2 is 2.04 bits per heavy atom. The highest BCUT2D eigenvalue weighted by atomic mass is 19.4. The molecule has 0 aliphatic heterocycles. The van der Waals surface area contributed by atoms with Gasteiger partial charge in [-0.1, -0.05) is 5.16 Å².